The molecule has 0 saturated heterocycles. The Morgan fingerprint density at radius 2 is 1.79 bits per heavy atom. The number of esters is 1. The quantitative estimate of drug-likeness (QED) is 0.583. The van der Waals surface area contributed by atoms with E-state index in [1.807, 2.05) is 5.32 Å². The number of carbonyl (C=O) groups is 3. The van der Waals surface area contributed by atoms with E-state index in [0.29, 0.717) is 11.6 Å². The zero-order valence-corrected chi connectivity index (χ0v) is 15.0. The van der Waals surface area contributed by atoms with Gasteiger partial charge in [0.25, 0.3) is 11.8 Å². The molecule has 0 aliphatic heterocycles. The first kappa shape index (κ1) is 20.9. The number of hydrogen-bond donors (Lipinski definition) is 2. The first-order valence-electron chi connectivity index (χ1n) is 8.17. The summed E-state index contributed by atoms with van der Waals surface area (Å²) in [4.78, 5) is 35.7. The molecule has 1 atom stereocenters. The Morgan fingerprint density at radius 1 is 1.07 bits per heavy atom. The van der Waals surface area contributed by atoms with Crippen molar-refractivity contribution >= 4 is 23.5 Å². The summed E-state index contributed by atoms with van der Waals surface area (Å²) >= 11 is 0. The second-order valence-corrected chi connectivity index (χ2v) is 5.90. The molecule has 28 heavy (non-hydrogen) atoms. The zero-order valence-electron chi connectivity index (χ0n) is 15.0. The van der Waals surface area contributed by atoms with Crippen molar-refractivity contribution in [2.24, 2.45) is 0 Å². The Kier molecular flexibility index (Phi) is 6.75. The number of anilines is 1. The fraction of sp³-hybridized carbons (Fsp3) is 0.211. The Bertz CT molecular complexity index is 918. The summed E-state index contributed by atoms with van der Waals surface area (Å²) in [7, 11) is 0. The molecule has 0 radical (unpaired) electrons. The SMILES string of the molecule is Cc1cccc(C(=O)NCC(=O)O[C@H](C)C(=O)Nc2ccc(F)c(F)c2F)c1. The minimum Gasteiger partial charge on any atom is -0.451 e. The number of hydrogen-bond acceptors (Lipinski definition) is 4. The maximum atomic E-state index is 13.6. The van der Waals surface area contributed by atoms with Gasteiger partial charge in [0.1, 0.15) is 6.54 Å². The highest BCUT2D eigenvalue weighted by Gasteiger charge is 2.21. The van der Waals surface area contributed by atoms with E-state index in [9.17, 15) is 27.6 Å². The maximum Gasteiger partial charge on any atom is 0.326 e. The van der Waals surface area contributed by atoms with E-state index in [2.05, 4.69) is 5.32 Å². The van der Waals surface area contributed by atoms with E-state index in [-0.39, 0.29) is 0 Å². The molecular formula is C19H17F3N2O4. The second-order valence-electron chi connectivity index (χ2n) is 5.90. The van der Waals surface area contributed by atoms with Crippen molar-refractivity contribution < 1.29 is 32.3 Å². The molecule has 0 saturated carbocycles. The number of halogens is 3. The molecule has 6 nitrogen and oxygen atoms in total. The first-order valence-corrected chi connectivity index (χ1v) is 8.17. The van der Waals surface area contributed by atoms with Crippen molar-refractivity contribution in [3.8, 4) is 0 Å². The highest BCUT2D eigenvalue weighted by molar-refractivity contribution is 5.97. The summed E-state index contributed by atoms with van der Waals surface area (Å²) in [5, 5.41) is 4.34. The molecule has 0 aliphatic carbocycles. The summed E-state index contributed by atoms with van der Waals surface area (Å²) in [6.45, 7) is 2.51. The van der Waals surface area contributed by atoms with Crippen LogP contribution in [0.15, 0.2) is 36.4 Å². The smallest absolute Gasteiger partial charge is 0.326 e. The lowest BCUT2D eigenvalue weighted by molar-refractivity contribution is -0.152. The van der Waals surface area contributed by atoms with Gasteiger partial charge in [0, 0.05) is 5.56 Å². The number of benzene rings is 2. The minimum atomic E-state index is -1.73. The van der Waals surface area contributed by atoms with Crippen LogP contribution in [0.4, 0.5) is 18.9 Å². The molecule has 2 aromatic rings. The molecule has 0 heterocycles. The summed E-state index contributed by atoms with van der Waals surface area (Å²) in [6, 6.07) is 8.18. The van der Waals surface area contributed by atoms with Gasteiger partial charge in [-0.05, 0) is 38.1 Å². The summed E-state index contributed by atoms with van der Waals surface area (Å²) < 4.78 is 44.5. The molecule has 2 N–H and O–H groups in total. The van der Waals surface area contributed by atoms with Gasteiger partial charge in [-0.25, -0.2) is 13.2 Å². The van der Waals surface area contributed by atoms with Gasteiger partial charge in [0.2, 0.25) is 0 Å². The van der Waals surface area contributed by atoms with E-state index in [1.54, 1.807) is 31.2 Å². The molecule has 0 aliphatic rings. The highest BCUT2D eigenvalue weighted by atomic mass is 19.2. The number of nitrogens with one attached hydrogen (secondary N) is 2. The molecule has 0 spiro atoms. The summed E-state index contributed by atoms with van der Waals surface area (Å²) in [5.74, 6) is -7.07. The van der Waals surface area contributed by atoms with Crippen molar-refractivity contribution in [1.82, 2.24) is 5.32 Å². The van der Waals surface area contributed by atoms with Crippen molar-refractivity contribution in [1.29, 1.82) is 0 Å². The lowest BCUT2D eigenvalue weighted by atomic mass is 10.1. The molecule has 0 aromatic heterocycles. The normalized spacial score (nSPS) is 11.5. The third-order valence-corrected chi connectivity index (χ3v) is 3.64. The van der Waals surface area contributed by atoms with Crippen LogP contribution in [0.5, 0.6) is 0 Å². The van der Waals surface area contributed by atoms with E-state index in [4.69, 9.17) is 4.74 Å². The van der Waals surface area contributed by atoms with E-state index < -0.39 is 53.6 Å². The molecule has 148 valence electrons. The summed E-state index contributed by atoms with van der Waals surface area (Å²) in [6.07, 6.45) is -1.36. The second kappa shape index (κ2) is 9.03. The van der Waals surface area contributed by atoms with Gasteiger partial charge < -0.3 is 15.4 Å². The molecule has 2 amide bonds. The van der Waals surface area contributed by atoms with Gasteiger partial charge in [0.05, 0.1) is 5.69 Å². The third kappa shape index (κ3) is 5.32. The molecule has 0 fully saturated rings. The van der Waals surface area contributed by atoms with Crippen molar-refractivity contribution in [2.75, 3.05) is 11.9 Å². The molecule has 2 aromatic carbocycles. The van der Waals surface area contributed by atoms with Crippen LogP contribution in [-0.4, -0.2) is 30.4 Å². The van der Waals surface area contributed by atoms with Crippen LogP contribution in [0.25, 0.3) is 0 Å². The number of ether oxygens (including phenoxy) is 1. The number of rotatable bonds is 6. The lowest BCUT2D eigenvalue weighted by Gasteiger charge is -2.14. The molecule has 2 rings (SSSR count). The van der Waals surface area contributed by atoms with Crippen LogP contribution in [0.2, 0.25) is 0 Å². The van der Waals surface area contributed by atoms with Crippen LogP contribution in [0.3, 0.4) is 0 Å². The van der Waals surface area contributed by atoms with Gasteiger partial charge in [-0.3, -0.25) is 14.4 Å². The van der Waals surface area contributed by atoms with E-state index in [0.717, 1.165) is 11.6 Å². The molecule has 0 unspecified atom stereocenters. The average Bonchev–Trinajstić information content (AvgIpc) is 2.66. The predicted octanol–water partition coefficient (Wildman–Crippen LogP) is 2.71. The van der Waals surface area contributed by atoms with Gasteiger partial charge in [-0.1, -0.05) is 17.7 Å². The minimum absolute atomic E-state index is 0.354. The monoisotopic (exact) mass is 394 g/mol. The fourth-order valence-corrected chi connectivity index (χ4v) is 2.19. The van der Waals surface area contributed by atoms with E-state index >= 15 is 0 Å². The topological polar surface area (TPSA) is 84.5 Å². The Balaban J connectivity index is 1.87. The van der Waals surface area contributed by atoms with Gasteiger partial charge in [-0.2, -0.15) is 0 Å². The van der Waals surface area contributed by atoms with Crippen LogP contribution < -0.4 is 10.6 Å². The van der Waals surface area contributed by atoms with E-state index in [1.165, 1.54) is 6.92 Å². The average molecular weight is 394 g/mol. The van der Waals surface area contributed by atoms with Crippen LogP contribution >= 0.6 is 0 Å². The highest BCUT2D eigenvalue weighted by Crippen LogP contribution is 2.19. The number of amides is 2. The van der Waals surface area contributed by atoms with Crippen LogP contribution in [0.1, 0.15) is 22.8 Å². The van der Waals surface area contributed by atoms with Crippen molar-refractivity contribution in [3.63, 3.8) is 0 Å². The van der Waals surface area contributed by atoms with Gasteiger partial charge >= 0.3 is 5.97 Å². The van der Waals surface area contributed by atoms with Crippen LogP contribution in [-0.2, 0) is 14.3 Å². The number of aryl methyl sites for hydroxylation is 1. The molecular weight excluding hydrogens is 377 g/mol. The molecule has 9 heteroatoms. The Labute approximate surface area is 158 Å². The fourth-order valence-electron chi connectivity index (χ4n) is 2.19. The van der Waals surface area contributed by atoms with Gasteiger partial charge in [-0.15, -0.1) is 0 Å². The largest absolute Gasteiger partial charge is 0.451 e. The Morgan fingerprint density at radius 3 is 2.46 bits per heavy atom. The first-order chi connectivity index (χ1) is 13.2. The van der Waals surface area contributed by atoms with Crippen molar-refractivity contribution in [2.45, 2.75) is 20.0 Å². The maximum absolute atomic E-state index is 13.6. The zero-order chi connectivity index (χ0) is 20.8. The van der Waals surface area contributed by atoms with Gasteiger partial charge in [0.15, 0.2) is 23.6 Å². The number of carbonyl (C=O) groups excluding carboxylic acids is 3. The Hall–Kier alpha value is -3.36. The van der Waals surface area contributed by atoms with Crippen LogP contribution in [0, 0.1) is 24.4 Å². The van der Waals surface area contributed by atoms with Crippen molar-refractivity contribution in [3.05, 3.63) is 65.0 Å². The standard InChI is InChI=1S/C19H17F3N2O4/c1-10-4-3-5-12(8-10)19(27)23-9-15(25)28-11(2)18(26)24-14-7-6-13(20)16(21)17(14)22/h3-8,11H,9H2,1-2H3,(H,23,27)(H,24,26)/t11-/m1/s1. The third-order valence-electron chi connectivity index (χ3n) is 3.64. The summed E-state index contributed by atoms with van der Waals surface area (Å²) in [5.41, 5.74) is 0.622. The predicted molar refractivity (Wildman–Crippen MR) is 94.0 cm³/mol. The lowest BCUT2D eigenvalue weighted by Crippen LogP contribution is -2.36. The molecule has 0 bridgehead atoms.